The van der Waals surface area contributed by atoms with Crippen molar-refractivity contribution in [1.82, 2.24) is 24.7 Å². The van der Waals surface area contributed by atoms with E-state index in [9.17, 15) is 14.4 Å². The van der Waals surface area contributed by atoms with Crippen molar-refractivity contribution in [3.8, 4) is 0 Å². The topological polar surface area (TPSA) is 102 Å². The van der Waals surface area contributed by atoms with Gasteiger partial charge in [0.25, 0.3) is 5.91 Å². The van der Waals surface area contributed by atoms with E-state index in [0.717, 1.165) is 5.69 Å². The SMILES string of the molecule is Cc1nonc1CC(=O)N1CCCN(C(=O)c2cn(C)c(C)cc2=O)CC1. The van der Waals surface area contributed by atoms with Crippen LogP contribution in [0.25, 0.3) is 0 Å². The van der Waals surface area contributed by atoms with Gasteiger partial charge in [-0.1, -0.05) is 10.3 Å². The van der Waals surface area contributed by atoms with Crippen LogP contribution in [0.3, 0.4) is 0 Å². The fraction of sp³-hybridized carbons (Fsp3) is 0.500. The second kappa shape index (κ2) is 7.73. The van der Waals surface area contributed by atoms with Crippen molar-refractivity contribution < 1.29 is 14.2 Å². The number of carbonyl (C=O) groups is 2. The molecule has 0 saturated carbocycles. The summed E-state index contributed by atoms with van der Waals surface area (Å²) in [4.78, 5) is 40.9. The summed E-state index contributed by atoms with van der Waals surface area (Å²) < 4.78 is 6.39. The fourth-order valence-electron chi connectivity index (χ4n) is 3.09. The summed E-state index contributed by atoms with van der Waals surface area (Å²) in [6, 6.07) is 1.47. The van der Waals surface area contributed by atoms with Crippen molar-refractivity contribution in [2.75, 3.05) is 26.2 Å². The summed E-state index contributed by atoms with van der Waals surface area (Å²) in [5.41, 5.74) is 1.81. The molecular formula is C18H23N5O4. The van der Waals surface area contributed by atoms with Crippen LogP contribution >= 0.6 is 0 Å². The van der Waals surface area contributed by atoms with E-state index in [4.69, 9.17) is 0 Å². The molecule has 3 heterocycles. The average Bonchev–Trinajstić information content (AvgIpc) is 2.89. The Balaban J connectivity index is 1.67. The van der Waals surface area contributed by atoms with Gasteiger partial charge in [-0.2, -0.15) is 0 Å². The van der Waals surface area contributed by atoms with Crippen LogP contribution in [-0.2, 0) is 18.3 Å². The number of hydrogen-bond acceptors (Lipinski definition) is 6. The first-order valence-corrected chi connectivity index (χ1v) is 8.89. The summed E-state index contributed by atoms with van der Waals surface area (Å²) in [6.45, 7) is 5.42. The molecule has 0 unspecified atom stereocenters. The Hall–Kier alpha value is -2.97. The van der Waals surface area contributed by atoms with Gasteiger partial charge in [-0.15, -0.1) is 0 Å². The highest BCUT2D eigenvalue weighted by Gasteiger charge is 2.25. The molecule has 1 aliphatic rings. The second-order valence-electron chi connectivity index (χ2n) is 6.80. The maximum Gasteiger partial charge on any atom is 0.259 e. The first-order valence-electron chi connectivity index (χ1n) is 8.89. The van der Waals surface area contributed by atoms with E-state index in [1.807, 2.05) is 6.92 Å². The third-order valence-corrected chi connectivity index (χ3v) is 4.92. The molecule has 1 aliphatic heterocycles. The number of aromatic nitrogens is 3. The summed E-state index contributed by atoms with van der Waals surface area (Å²) in [5, 5.41) is 7.43. The Morgan fingerprint density at radius 2 is 1.81 bits per heavy atom. The van der Waals surface area contributed by atoms with Crippen LogP contribution in [0.5, 0.6) is 0 Å². The lowest BCUT2D eigenvalue weighted by Crippen LogP contribution is -2.39. The summed E-state index contributed by atoms with van der Waals surface area (Å²) in [5.74, 6) is -0.365. The van der Waals surface area contributed by atoms with Gasteiger partial charge in [0, 0.05) is 51.2 Å². The normalized spacial score (nSPS) is 14.9. The zero-order chi connectivity index (χ0) is 19.6. The lowest BCUT2D eigenvalue weighted by Gasteiger charge is -2.22. The molecule has 1 saturated heterocycles. The molecule has 9 heteroatoms. The van der Waals surface area contributed by atoms with Crippen molar-refractivity contribution in [3.05, 3.63) is 45.1 Å². The van der Waals surface area contributed by atoms with Crippen LogP contribution in [0.1, 0.15) is 33.9 Å². The van der Waals surface area contributed by atoms with Crippen LogP contribution in [0.4, 0.5) is 0 Å². The lowest BCUT2D eigenvalue weighted by atomic mass is 10.2. The first kappa shape index (κ1) is 18.8. The molecule has 0 N–H and O–H groups in total. The molecule has 0 bridgehead atoms. The Bertz CT molecular complexity index is 917. The highest BCUT2D eigenvalue weighted by Crippen LogP contribution is 2.10. The third-order valence-electron chi connectivity index (χ3n) is 4.92. The standard InChI is InChI=1S/C18H23N5O4/c1-12-9-16(24)14(11-21(12)3)18(26)23-6-4-5-22(7-8-23)17(25)10-15-13(2)19-27-20-15/h9,11H,4-8,10H2,1-3H3. The van der Waals surface area contributed by atoms with Gasteiger partial charge < -0.3 is 14.4 Å². The molecule has 9 nitrogen and oxygen atoms in total. The maximum absolute atomic E-state index is 12.8. The van der Waals surface area contributed by atoms with Crippen molar-refractivity contribution >= 4 is 11.8 Å². The number of amides is 2. The molecular weight excluding hydrogens is 350 g/mol. The van der Waals surface area contributed by atoms with Gasteiger partial charge >= 0.3 is 0 Å². The third kappa shape index (κ3) is 4.07. The van der Waals surface area contributed by atoms with Gasteiger partial charge in [-0.3, -0.25) is 14.4 Å². The van der Waals surface area contributed by atoms with Crippen molar-refractivity contribution in [2.45, 2.75) is 26.7 Å². The summed E-state index contributed by atoms with van der Waals surface area (Å²) >= 11 is 0. The van der Waals surface area contributed by atoms with Gasteiger partial charge in [0.05, 0.1) is 6.42 Å². The van der Waals surface area contributed by atoms with Gasteiger partial charge in [0.15, 0.2) is 5.43 Å². The molecule has 1 fully saturated rings. The van der Waals surface area contributed by atoms with Crippen LogP contribution in [-0.4, -0.2) is 62.7 Å². The smallest absolute Gasteiger partial charge is 0.259 e. The number of carbonyl (C=O) groups excluding carboxylic acids is 2. The Morgan fingerprint density at radius 3 is 2.52 bits per heavy atom. The largest absolute Gasteiger partial charge is 0.354 e. The van der Waals surface area contributed by atoms with Crippen LogP contribution in [0.2, 0.25) is 0 Å². The molecule has 2 aromatic rings. The minimum Gasteiger partial charge on any atom is -0.354 e. The quantitative estimate of drug-likeness (QED) is 0.767. The molecule has 144 valence electrons. The highest BCUT2D eigenvalue weighted by atomic mass is 16.6. The molecule has 3 rings (SSSR count). The minimum absolute atomic E-state index is 0.0747. The number of aryl methyl sites for hydroxylation is 3. The van der Waals surface area contributed by atoms with E-state index in [0.29, 0.717) is 44.0 Å². The number of hydrogen-bond donors (Lipinski definition) is 0. The second-order valence-corrected chi connectivity index (χ2v) is 6.80. The lowest BCUT2D eigenvalue weighted by molar-refractivity contribution is -0.130. The summed E-state index contributed by atoms with van der Waals surface area (Å²) in [6.07, 6.45) is 2.36. The molecule has 2 amide bonds. The van der Waals surface area contributed by atoms with Crippen LogP contribution in [0.15, 0.2) is 21.7 Å². The highest BCUT2D eigenvalue weighted by molar-refractivity contribution is 5.94. The molecule has 0 spiro atoms. The number of pyridine rings is 1. The first-order chi connectivity index (χ1) is 12.9. The van der Waals surface area contributed by atoms with Crippen LogP contribution in [0, 0.1) is 13.8 Å². The minimum atomic E-state index is -0.290. The zero-order valence-corrected chi connectivity index (χ0v) is 15.8. The van der Waals surface area contributed by atoms with E-state index in [2.05, 4.69) is 14.9 Å². The molecule has 27 heavy (non-hydrogen) atoms. The molecule has 0 aromatic carbocycles. The van der Waals surface area contributed by atoms with E-state index in [1.54, 1.807) is 34.5 Å². The number of nitrogens with zero attached hydrogens (tertiary/aromatic N) is 5. The maximum atomic E-state index is 12.8. The van der Waals surface area contributed by atoms with Crippen LogP contribution < -0.4 is 5.43 Å². The van der Waals surface area contributed by atoms with E-state index in [-0.39, 0.29) is 29.2 Å². The molecule has 0 radical (unpaired) electrons. The van der Waals surface area contributed by atoms with Gasteiger partial charge in [0.1, 0.15) is 17.0 Å². The Morgan fingerprint density at radius 1 is 1.11 bits per heavy atom. The molecule has 0 atom stereocenters. The van der Waals surface area contributed by atoms with E-state index in [1.165, 1.54) is 6.07 Å². The number of rotatable bonds is 3. The average molecular weight is 373 g/mol. The van der Waals surface area contributed by atoms with Crippen molar-refractivity contribution in [3.63, 3.8) is 0 Å². The Kier molecular flexibility index (Phi) is 5.38. The monoisotopic (exact) mass is 373 g/mol. The predicted octanol–water partition coefficient (Wildman–Crippen LogP) is 0.302. The van der Waals surface area contributed by atoms with Crippen molar-refractivity contribution in [2.24, 2.45) is 7.05 Å². The zero-order valence-electron chi connectivity index (χ0n) is 15.8. The molecule has 0 aliphatic carbocycles. The van der Waals surface area contributed by atoms with Gasteiger partial charge in [-0.05, 0) is 20.3 Å². The van der Waals surface area contributed by atoms with E-state index >= 15 is 0 Å². The van der Waals surface area contributed by atoms with Gasteiger partial charge in [-0.25, -0.2) is 4.63 Å². The fourth-order valence-corrected chi connectivity index (χ4v) is 3.09. The van der Waals surface area contributed by atoms with E-state index < -0.39 is 0 Å². The predicted molar refractivity (Wildman–Crippen MR) is 96.3 cm³/mol. The molecule has 2 aromatic heterocycles. The summed E-state index contributed by atoms with van der Waals surface area (Å²) in [7, 11) is 1.80. The van der Waals surface area contributed by atoms with Crippen molar-refractivity contribution in [1.29, 1.82) is 0 Å². The van der Waals surface area contributed by atoms with Gasteiger partial charge in [0.2, 0.25) is 5.91 Å². The Labute approximate surface area is 156 Å².